The molecular weight excluding hydrogens is 182 g/mol. The number of hydrogen-bond acceptors (Lipinski definition) is 1. The first-order chi connectivity index (χ1) is 6.29. The van der Waals surface area contributed by atoms with Gasteiger partial charge in [-0.15, -0.1) is 11.6 Å². The van der Waals surface area contributed by atoms with E-state index in [4.69, 9.17) is 16.9 Å². The van der Waals surface area contributed by atoms with E-state index in [0.29, 0.717) is 5.88 Å². The minimum atomic E-state index is 0.677. The van der Waals surface area contributed by atoms with Crippen LogP contribution in [-0.2, 0) is 6.42 Å². The van der Waals surface area contributed by atoms with Crippen molar-refractivity contribution in [1.82, 2.24) is 0 Å². The Morgan fingerprint density at radius 3 is 2.85 bits per heavy atom. The number of benzene rings is 1. The molecule has 0 atom stereocenters. The van der Waals surface area contributed by atoms with E-state index in [9.17, 15) is 0 Å². The summed E-state index contributed by atoms with van der Waals surface area (Å²) in [6.45, 7) is 1.99. The standard InChI is InChI=1S/C11H12ClN/c1-9-10(6-3-7-12)4-2-5-11(9)8-13/h2,4-5H,3,6-7H2,1H3. The molecule has 1 rings (SSSR count). The highest BCUT2D eigenvalue weighted by Gasteiger charge is 2.01. The highest BCUT2D eigenvalue weighted by atomic mass is 35.5. The fourth-order valence-corrected chi connectivity index (χ4v) is 1.47. The van der Waals surface area contributed by atoms with Crippen LogP contribution in [0.1, 0.15) is 23.1 Å². The molecule has 13 heavy (non-hydrogen) atoms. The molecule has 1 aromatic carbocycles. The highest BCUT2D eigenvalue weighted by Crippen LogP contribution is 2.14. The largest absolute Gasteiger partial charge is 0.192 e. The monoisotopic (exact) mass is 193 g/mol. The van der Waals surface area contributed by atoms with Crippen LogP contribution < -0.4 is 0 Å². The Kier molecular flexibility index (Phi) is 3.79. The Hall–Kier alpha value is -1.00. The molecule has 0 aromatic heterocycles. The average Bonchev–Trinajstić information content (AvgIpc) is 2.16. The normalized spacial score (nSPS) is 9.62. The number of nitrogens with zero attached hydrogens (tertiary/aromatic N) is 1. The third kappa shape index (κ3) is 2.47. The summed E-state index contributed by atoms with van der Waals surface area (Å²) in [6.07, 6.45) is 1.93. The van der Waals surface area contributed by atoms with Gasteiger partial charge < -0.3 is 0 Å². The van der Waals surface area contributed by atoms with E-state index in [2.05, 4.69) is 12.1 Å². The fourth-order valence-electron chi connectivity index (χ4n) is 1.33. The van der Waals surface area contributed by atoms with Crippen molar-refractivity contribution >= 4 is 11.6 Å². The zero-order valence-corrected chi connectivity index (χ0v) is 8.43. The molecule has 0 aliphatic carbocycles. The molecule has 0 amide bonds. The van der Waals surface area contributed by atoms with Crippen molar-refractivity contribution in [3.63, 3.8) is 0 Å². The number of aryl methyl sites for hydroxylation is 1. The van der Waals surface area contributed by atoms with Crippen molar-refractivity contribution in [1.29, 1.82) is 5.26 Å². The molecule has 0 saturated carbocycles. The van der Waals surface area contributed by atoms with Gasteiger partial charge in [-0.25, -0.2) is 0 Å². The summed E-state index contributed by atoms with van der Waals surface area (Å²) in [6, 6.07) is 8.01. The highest BCUT2D eigenvalue weighted by molar-refractivity contribution is 6.17. The topological polar surface area (TPSA) is 23.8 Å². The Labute approximate surface area is 84.0 Å². The molecule has 0 aliphatic heterocycles. The number of halogens is 1. The van der Waals surface area contributed by atoms with Gasteiger partial charge in [0.2, 0.25) is 0 Å². The molecule has 0 unspecified atom stereocenters. The maximum atomic E-state index is 8.79. The van der Waals surface area contributed by atoms with E-state index < -0.39 is 0 Å². The molecule has 0 saturated heterocycles. The van der Waals surface area contributed by atoms with Crippen LogP contribution in [0.3, 0.4) is 0 Å². The number of rotatable bonds is 3. The summed E-state index contributed by atoms with van der Waals surface area (Å²) in [7, 11) is 0. The zero-order chi connectivity index (χ0) is 9.68. The average molecular weight is 194 g/mol. The molecule has 0 spiro atoms. The Bertz CT molecular complexity index is 325. The summed E-state index contributed by atoms with van der Waals surface area (Å²) in [5.41, 5.74) is 3.10. The van der Waals surface area contributed by atoms with E-state index in [1.54, 1.807) is 0 Å². The number of nitriles is 1. The van der Waals surface area contributed by atoms with Crippen molar-refractivity contribution < 1.29 is 0 Å². The van der Waals surface area contributed by atoms with Crippen LogP contribution in [0, 0.1) is 18.3 Å². The van der Waals surface area contributed by atoms with E-state index in [-0.39, 0.29) is 0 Å². The van der Waals surface area contributed by atoms with Gasteiger partial charge in [0.25, 0.3) is 0 Å². The molecule has 0 heterocycles. The first-order valence-electron chi connectivity index (χ1n) is 4.34. The SMILES string of the molecule is Cc1c(C#N)cccc1CCCCl. The maximum Gasteiger partial charge on any atom is 0.0994 e. The molecule has 0 bridgehead atoms. The van der Waals surface area contributed by atoms with Crippen molar-refractivity contribution in [3.8, 4) is 6.07 Å². The third-order valence-corrected chi connectivity index (χ3v) is 2.41. The smallest absolute Gasteiger partial charge is 0.0994 e. The van der Waals surface area contributed by atoms with Crippen molar-refractivity contribution in [3.05, 3.63) is 34.9 Å². The molecule has 2 heteroatoms. The van der Waals surface area contributed by atoms with Gasteiger partial charge in [-0.2, -0.15) is 5.26 Å². The van der Waals surface area contributed by atoms with E-state index in [1.807, 2.05) is 19.1 Å². The second-order valence-corrected chi connectivity index (χ2v) is 3.37. The minimum absolute atomic E-state index is 0.677. The third-order valence-electron chi connectivity index (χ3n) is 2.15. The first kappa shape index (κ1) is 10.1. The fraction of sp³-hybridized carbons (Fsp3) is 0.364. The van der Waals surface area contributed by atoms with E-state index in [1.165, 1.54) is 5.56 Å². The van der Waals surface area contributed by atoms with Crippen LogP contribution in [0.15, 0.2) is 18.2 Å². The van der Waals surface area contributed by atoms with Gasteiger partial charge in [0.05, 0.1) is 11.6 Å². The lowest BCUT2D eigenvalue weighted by Gasteiger charge is -2.05. The molecular formula is C11H12ClN. The minimum Gasteiger partial charge on any atom is -0.192 e. The number of alkyl halides is 1. The lowest BCUT2D eigenvalue weighted by atomic mass is 10.00. The van der Waals surface area contributed by atoms with Crippen LogP contribution in [0.5, 0.6) is 0 Å². The van der Waals surface area contributed by atoms with Crippen LogP contribution in [0.2, 0.25) is 0 Å². The summed E-state index contributed by atoms with van der Waals surface area (Å²) < 4.78 is 0. The molecule has 0 N–H and O–H groups in total. The summed E-state index contributed by atoms with van der Waals surface area (Å²) in [5, 5.41) is 8.79. The Morgan fingerprint density at radius 1 is 1.46 bits per heavy atom. The van der Waals surface area contributed by atoms with Crippen molar-refractivity contribution in [2.24, 2.45) is 0 Å². The lowest BCUT2D eigenvalue weighted by Crippen LogP contribution is -1.93. The predicted molar refractivity (Wildman–Crippen MR) is 54.9 cm³/mol. The molecule has 68 valence electrons. The molecule has 0 aliphatic rings. The summed E-state index contributed by atoms with van der Waals surface area (Å²) in [4.78, 5) is 0. The zero-order valence-electron chi connectivity index (χ0n) is 7.68. The van der Waals surface area contributed by atoms with Crippen LogP contribution >= 0.6 is 11.6 Å². The van der Waals surface area contributed by atoms with Crippen molar-refractivity contribution in [2.75, 3.05) is 5.88 Å². The van der Waals surface area contributed by atoms with E-state index >= 15 is 0 Å². The molecule has 1 nitrogen and oxygen atoms in total. The summed E-state index contributed by atoms with van der Waals surface area (Å²) >= 11 is 5.61. The van der Waals surface area contributed by atoms with Crippen LogP contribution in [0.4, 0.5) is 0 Å². The van der Waals surface area contributed by atoms with E-state index in [0.717, 1.165) is 24.0 Å². The van der Waals surface area contributed by atoms with Crippen LogP contribution in [-0.4, -0.2) is 5.88 Å². The molecule has 1 aromatic rings. The van der Waals surface area contributed by atoms with Gasteiger partial charge in [-0.1, -0.05) is 12.1 Å². The summed E-state index contributed by atoms with van der Waals surface area (Å²) in [5.74, 6) is 0.677. The quantitative estimate of drug-likeness (QED) is 0.677. The van der Waals surface area contributed by atoms with Gasteiger partial charge in [0.1, 0.15) is 0 Å². The van der Waals surface area contributed by atoms with Gasteiger partial charge in [-0.3, -0.25) is 0 Å². The van der Waals surface area contributed by atoms with Crippen LogP contribution in [0.25, 0.3) is 0 Å². The number of hydrogen-bond donors (Lipinski definition) is 0. The van der Waals surface area contributed by atoms with Gasteiger partial charge >= 0.3 is 0 Å². The molecule has 0 radical (unpaired) electrons. The Balaban J connectivity index is 2.90. The van der Waals surface area contributed by atoms with Gasteiger partial charge in [0.15, 0.2) is 0 Å². The van der Waals surface area contributed by atoms with Gasteiger partial charge in [-0.05, 0) is 37.0 Å². The van der Waals surface area contributed by atoms with Crippen molar-refractivity contribution in [2.45, 2.75) is 19.8 Å². The molecule has 0 fully saturated rings. The second-order valence-electron chi connectivity index (χ2n) is 2.99. The van der Waals surface area contributed by atoms with Gasteiger partial charge in [0, 0.05) is 5.88 Å². The Morgan fingerprint density at radius 2 is 2.23 bits per heavy atom. The maximum absolute atomic E-state index is 8.79. The first-order valence-corrected chi connectivity index (χ1v) is 4.87. The lowest BCUT2D eigenvalue weighted by molar-refractivity contribution is 0.918. The predicted octanol–water partition coefficient (Wildman–Crippen LogP) is 3.04. The second kappa shape index (κ2) is 4.89.